The van der Waals surface area contributed by atoms with Crippen LogP contribution in [0.5, 0.6) is 0 Å². The van der Waals surface area contributed by atoms with Gasteiger partial charge in [-0.2, -0.15) is 0 Å². The standard InChI is InChI=1S/C18H17NO5/c1-9-5-3-4-6-10(9)8-23-11-7-12(20)24-18(2)14(11)13-15(18)17(22)19-16(13)21/h3-7,13-15H,8H2,1-2H3,(H,19,21,22)/t13-,14+,15+,18+/m0/s1. The second-order valence-corrected chi connectivity index (χ2v) is 6.70. The van der Waals surface area contributed by atoms with Gasteiger partial charge in [0.15, 0.2) is 0 Å². The molecule has 2 heterocycles. The Hall–Kier alpha value is -2.63. The first-order valence-corrected chi connectivity index (χ1v) is 7.88. The molecule has 2 aliphatic heterocycles. The zero-order valence-electron chi connectivity index (χ0n) is 13.4. The number of aryl methyl sites for hydroxylation is 1. The molecule has 24 heavy (non-hydrogen) atoms. The molecule has 1 aromatic rings. The maximum absolute atomic E-state index is 12.0. The molecule has 1 aromatic carbocycles. The molecule has 3 aliphatic rings. The van der Waals surface area contributed by atoms with Crippen molar-refractivity contribution in [3.05, 3.63) is 47.2 Å². The van der Waals surface area contributed by atoms with E-state index in [0.29, 0.717) is 12.4 Å². The van der Waals surface area contributed by atoms with E-state index in [-0.39, 0.29) is 11.8 Å². The van der Waals surface area contributed by atoms with E-state index in [1.165, 1.54) is 6.08 Å². The molecule has 124 valence electrons. The Morgan fingerprint density at radius 2 is 1.92 bits per heavy atom. The predicted molar refractivity (Wildman–Crippen MR) is 82.2 cm³/mol. The van der Waals surface area contributed by atoms with Crippen molar-refractivity contribution >= 4 is 17.8 Å². The minimum atomic E-state index is -1.02. The van der Waals surface area contributed by atoms with E-state index >= 15 is 0 Å². The van der Waals surface area contributed by atoms with Crippen molar-refractivity contribution in [2.45, 2.75) is 26.1 Å². The van der Waals surface area contributed by atoms with Gasteiger partial charge in [-0.15, -0.1) is 0 Å². The van der Waals surface area contributed by atoms with Gasteiger partial charge in [-0.25, -0.2) is 4.79 Å². The average Bonchev–Trinajstić information content (AvgIpc) is 2.76. The minimum absolute atomic E-state index is 0.297. The van der Waals surface area contributed by atoms with E-state index in [4.69, 9.17) is 9.47 Å². The Morgan fingerprint density at radius 1 is 1.17 bits per heavy atom. The van der Waals surface area contributed by atoms with Crippen molar-refractivity contribution in [3.63, 3.8) is 0 Å². The highest BCUT2D eigenvalue weighted by molar-refractivity contribution is 6.08. The molecular weight excluding hydrogens is 310 g/mol. The summed E-state index contributed by atoms with van der Waals surface area (Å²) in [5.74, 6) is -2.41. The number of benzene rings is 1. The number of imide groups is 1. The van der Waals surface area contributed by atoms with Crippen molar-refractivity contribution in [2.75, 3.05) is 0 Å². The second kappa shape index (κ2) is 4.93. The van der Waals surface area contributed by atoms with Gasteiger partial charge in [0.25, 0.3) is 0 Å². The largest absolute Gasteiger partial charge is 0.492 e. The van der Waals surface area contributed by atoms with Crippen molar-refractivity contribution in [1.82, 2.24) is 5.32 Å². The molecule has 0 spiro atoms. The van der Waals surface area contributed by atoms with E-state index in [1.807, 2.05) is 31.2 Å². The van der Waals surface area contributed by atoms with Crippen LogP contribution in [-0.4, -0.2) is 23.4 Å². The molecule has 0 unspecified atom stereocenters. The first kappa shape index (κ1) is 14.9. The molecule has 4 rings (SSSR count). The lowest BCUT2D eigenvalue weighted by molar-refractivity contribution is -0.212. The normalized spacial score (nSPS) is 33.7. The molecule has 2 fully saturated rings. The first-order valence-electron chi connectivity index (χ1n) is 7.88. The van der Waals surface area contributed by atoms with E-state index in [9.17, 15) is 14.4 Å². The minimum Gasteiger partial charge on any atom is -0.492 e. The molecule has 1 saturated carbocycles. The van der Waals surface area contributed by atoms with Gasteiger partial charge >= 0.3 is 5.97 Å². The highest BCUT2D eigenvalue weighted by Gasteiger charge is 2.73. The van der Waals surface area contributed by atoms with E-state index < -0.39 is 29.3 Å². The van der Waals surface area contributed by atoms with Crippen LogP contribution in [-0.2, 0) is 30.5 Å². The molecule has 4 atom stereocenters. The maximum Gasteiger partial charge on any atom is 0.334 e. The average molecular weight is 327 g/mol. The number of hydrogen-bond acceptors (Lipinski definition) is 5. The number of nitrogens with one attached hydrogen (secondary N) is 1. The van der Waals surface area contributed by atoms with Crippen LogP contribution >= 0.6 is 0 Å². The lowest BCUT2D eigenvalue weighted by Crippen LogP contribution is -2.66. The molecule has 1 saturated heterocycles. The van der Waals surface area contributed by atoms with Gasteiger partial charge in [0, 0.05) is 0 Å². The number of fused-ring (bicyclic) bond motifs is 4. The van der Waals surface area contributed by atoms with Gasteiger partial charge in [-0.1, -0.05) is 24.3 Å². The summed E-state index contributed by atoms with van der Waals surface area (Å²) in [6, 6.07) is 7.79. The predicted octanol–water partition coefficient (Wildman–Crippen LogP) is 1.23. The van der Waals surface area contributed by atoms with Gasteiger partial charge in [-0.3, -0.25) is 14.9 Å². The number of carbonyl (C=O) groups excluding carboxylic acids is 3. The number of hydrogen-bond donors (Lipinski definition) is 1. The van der Waals surface area contributed by atoms with Crippen LogP contribution < -0.4 is 5.32 Å². The third-order valence-electron chi connectivity index (χ3n) is 5.33. The fraction of sp³-hybridized carbons (Fsp3) is 0.389. The smallest absolute Gasteiger partial charge is 0.334 e. The van der Waals surface area contributed by atoms with Crippen LogP contribution in [0.25, 0.3) is 0 Å². The number of amides is 2. The van der Waals surface area contributed by atoms with E-state index in [1.54, 1.807) is 6.92 Å². The van der Waals surface area contributed by atoms with Gasteiger partial charge in [0.1, 0.15) is 18.0 Å². The van der Waals surface area contributed by atoms with Gasteiger partial charge in [0.2, 0.25) is 11.8 Å². The van der Waals surface area contributed by atoms with Crippen LogP contribution in [0.2, 0.25) is 0 Å². The summed E-state index contributed by atoms with van der Waals surface area (Å²) in [7, 11) is 0. The molecule has 0 bridgehead atoms. The Bertz CT molecular complexity index is 798. The topological polar surface area (TPSA) is 81.7 Å². The SMILES string of the molecule is Cc1ccccc1COC1=CC(=O)O[C@]2(C)[C@H]1[C@@H]1C(=O)NC(=O)[C@@H]12. The lowest BCUT2D eigenvalue weighted by Gasteiger charge is -2.54. The fourth-order valence-corrected chi connectivity index (χ4v) is 4.09. The Kier molecular flexibility index (Phi) is 3.07. The second-order valence-electron chi connectivity index (χ2n) is 6.70. The third kappa shape index (κ3) is 1.92. The highest BCUT2D eigenvalue weighted by atomic mass is 16.6. The summed E-state index contributed by atoms with van der Waals surface area (Å²) in [6.45, 7) is 3.97. The molecule has 2 amide bonds. The van der Waals surface area contributed by atoms with Crippen LogP contribution in [0.3, 0.4) is 0 Å². The van der Waals surface area contributed by atoms with Crippen molar-refractivity contribution in [3.8, 4) is 0 Å². The Morgan fingerprint density at radius 3 is 2.67 bits per heavy atom. The zero-order valence-corrected chi connectivity index (χ0v) is 13.4. The number of carbonyl (C=O) groups is 3. The number of rotatable bonds is 3. The monoisotopic (exact) mass is 327 g/mol. The van der Waals surface area contributed by atoms with Crippen molar-refractivity contribution < 1.29 is 23.9 Å². The Balaban J connectivity index is 1.61. The Labute approximate surface area is 138 Å². The summed E-state index contributed by atoms with van der Waals surface area (Å²) in [5, 5.41) is 2.33. The molecule has 0 aromatic heterocycles. The van der Waals surface area contributed by atoms with Crippen LogP contribution in [0, 0.1) is 24.7 Å². The van der Waals surface area contributed by atoms with E-state index in [0.717, 1.165) is 11.1 Å². The zero-order chi connectivity index (χ0) is 17.1. The molecule has 6 nitrogen and oxygen atoms in total. The third-order valence-corrected chi connectivity index (χ3v) is 5.33. The van der Waals surface area contributed by atoms with Gasteiger partial charge < -0.3 is 9.47 Å². The van der Waals surface area contributed by atoms with Crippen LogP contribution in [0.15, 0.2) is 36.1 Å². The molecule has 0 radical (unpaired) electrons. The quantitative estimate of drug-likeness (QED) is 0.667. The molecule has 1 N–H and O–H groups in total. The summed E-state index contributed by atoms with van der Waals surface area (Å²) in [5.41, 5.74) is 1.06. The van der Waals surface area contributed by atoms with Gasteiger partial charge in [-0.05, 0) is 25.0 Å². The molecule has 6 heteroatoms. The fourth-order valence-electron chi connectivity index (χ4n) is 4.09. The molecular formula is C18H17NO5. The highest BCUT2D eigenvalue weighted by Crippen LogP contribution is 2.58. The summed E-state index contributed by atoms with van der Waals surface area (Å²) < 4.78 is 11.3. The summed E-state index contributed by atoms with van der Waals surface area (Å²) in [4.78, 5) is 35.9. The number of ether oxygens (including phenoxy) is 2. The summed E-state index contributed by atoms with van der Waals surface area (Å²) >= 11 is 0. The van der Waals surface area contributed by atoms with Crippen molar-refractivity contribution in [2.24, 2.45) is 17.8 Å². The van der Waals surface area contributed by atoms with Crippen LogP contribution in [0.4, 0.5) is 0 Å². The lowest BCUT2D eigenvalue weighted by atomic mass is 9.53. The van der Waals surface area contributed by atoms with Crippen molar-refractivity contribution in [1.29, 1.82) is 0 Å². The summed E-state index contributed by atoms with van der Waals surface area (Å²) in [6.07, 6.45) is 1.29. The van der Waals surface area contributed by atoms with Crippen LogP contribution in [0.1, 0.15) is 18.1 Å². The number of esters is 1. The first-order chi connectivity index (χ1) is 11.4. The molecule has 1 aliphatic carbocycles. The van der Waals surface area contributed by atoms with E-state index in [2.05, 4.69) is 5.32 Å². The van der Waals surface area contributed by atoms with Gasteiger partial charge in [0.05, 0.1) is 23.8 Å². The maximum atomic E-state index is 12.0.